The van der Waals surface area contributed by atoms with Crippen LogP contribution in [0.5, 0.6) is 5.75 Å². The van der Waals surface area contributed by atoms with Gasteiger partial charge >= 0.3 is 0 Å². The van der Waals surface area contributed by atoms with Crippen molar-refractivity contribution in [1.82, 2.24) is 19.6 Å². The molecule has 2 aromatic rings. The Kier molecular flexibility index (Phi) is 5.43. The Morgan fingerprint density at radius 1 is 1.19 bits per heavy atom. The summed E-state index contributed by atoms with van der Waals surface area (Å²) in [6.45, 7) is 5.20. The second-order valence-corrected chi connectivity index (χ2v) is 7.58. The molecule has 0 atom stereocenters. The van der Waals surface area contributed by atoms with Crippen molar-refractivity contribution in [1.29, 1.82) is 0 Å². The Balaban J connectivity index is 1.36. The van der Waals surface area contributed by atoms with Gasteiger partial charge in [-0.05, 0) is 36.6 Å². The van der Waals surface area contributed by atoms with Gasteiger partial charge < -0.3 is 9.64 Å². The number of rotatable bonds is 6. The molecule has 6 heteroatoms. The highest BCUT2D eigenvalue weighted by atomic mass is 16.5. The average Bonchev–Trinajstić information content (AvgIpc) is 3.14. The molecule has 2 aliphatic rings. The molecule has 1 aliphatic carbocycles. The van der Waals surface area contributed by atoms with Gasteiger partial charge in [0, 0.05) is 56.6 Å². The summed E-state index contributed by atoms with van der Waals surface area (Å²) in [7, 11) is 1.71. The van der Waals surface area contributed by atoms with Crippen LogP contribution in [0.2, 0.25) is 0 Å². The van der Waals surface area contributed by atoms with Crippen molar-refractivity contribution in [2.75, 3.05) is 33.3 Å². The number of aromatic nitrogens is 2. The summed E-state index contributed by atoms with van der Waals surface area (Å²) in [4.78, 5) is 16.9. The second kappa shape index (κ2) is 8.13. The molecule has 0 unspecified atom stereocenters. The fourth-order valence-corrected chi connectivity index (χ4v) is 3.92. The first kappa shape index (κ1) is 18.0. The van der Waals surface area contributed by atoms with Crippen molar-refractivity contribution in [2.45, 2.75) is 32.4 Å². The molecule has 1 aliphatic heterocycles. The minimum atomic E-state index is 0.308. The van der Waals surface area contributed by atoms with Crippen LogP contribution in [0.4, 0.5) is 0 Å². The quantitative estimate of drug-likeness (QED) is 0.786. The number of carbonyl (C=O) groups excluding carboxylic acids is 1. The fourth-order valence-electron chi connectivity index (χ4n) is 3.92. The molecular formula is C21H28N4O2. The van der Waals surface area contributed by atoms with Crippen LogP contribution in [0.3, 0.4) is 0 Å². The third-order valence-corrected chi connectivity index (χ3v) is 5.78. The molecule has 1 amide bonds. The number of hydrogen-bond donors (Lipinski definition) is 0. The highest BCUT2D eigenvalue weighted by molar-refractivity contribution is 5.79. The molecule has 1 saturated carbocycles. The summed E-state index contributed by atoms with van der Waals surface area (Å²) >= 11 is 0. The fraction of sp³-hybridized carbons (Fsp3) is 0.524. The van der Waals surface area contributed by atoms with Gasteiger partial charge in [-0.1, -0.05) is 12.5 Å². The number of methoxy groups -OCH3 is 1. The van der Waals surface area contributed by atoms with Gasteiger partial charge in [0.2, 0.25) is 5.91 Å². The number of piperazine rings is 1. The lowest BCUT2D eigenvalue weighted by atomic mass is 9.84. The lowest BCUT2D eigenvalue weighted by Gasteiger charge is -2.38. The summed E-state index contributed by atoms with van der Waals surface area (Å²) < 4.78 is 7.43. The van der Waals surface area contributed by atoms with E-state index in [4.69, 9.17) is 4.74 Å². The number of ether oxygens (including phenoxy) is 1. The summed E-state index contributed by atoms with van der Waals surface area (Å²) in [6, 6.07) is 8.33. The Labute approximate surface area is 160 Å². The smallest absolute Gasteiger partial charge is 0.225 e. The van der Waals surface area contributed by atoms with Crippen LogP contribution >= 0.6 is 0 Å². The maximum Gasteiger partial charge on any atom is 0.225 e. The Hall–Kier alpha value is -2.34. The van der Waals surface area contributed by atoms with E-state index in [2.05, 4.69) is 27.0 Å². The molecule has 1 saturated heterocycles. The van der Waals surface area contributed by atoms with E-state index >= 15 is 0 Å². The first-order valence-corrected chi connectivity index (χ1v) is 9.87. The summed E-state index contributed by atoms with van der Waals surface area (Å²) in [6.07, 6.45) is 7.15. The molecule has 4 rings (SSSR count). The highest BCUT2D eigenvalue weighted by Crippen LogP contribution is 2.28. The number of nitrogens with zero attached hydrogens (tertiary/aromatic N) is 4. The van der Waals surface area contributed by atoms with Crippen LogP contribution in [0.25, 0.3) is 0 Å². The third kappa shape index (κ3) is 4.16. The van der Waals surface area contributed by atoms with E-state index in [9.17, 15) is 4.79 Å². The zero-order valence-corrected chi connectivity index (χ0v) is 16.0. The Morgan fingerprint density at radius 2 is 2.00 bits per heavy atom. The Bertz CT molecular complexity index is 762. The molecule has 0 spiro atoms. The maximum atomic E-state index is 12.4. The van der Waals surface area contributed by atoms with Gasteiger partial charge in [0.25, 0.3) is 0 Å². The van der Waals surface area contributed by atoms with Crippen LogP contribution in [-0.2, 0) is 17.9 Å². The van der Waals surface area contributed by atoms with Crippen LogP contribution in [0.15, 0.2) is 36.7 Å². The normalized spacial score (nSPS) is 18.3. The summed E-state index contributed by atoms with van der Waals surface area (Å²) in [5.41, 5.74) is 2.41. The van der Waals surface area contributed by atoms with E-state index in [1.54, 1.807) is 13.3 Å². The van der Waals surface area contributed by atoms with Gasteiger partial charge in [-0.2, -0.15) is 5.10 Å². The van der Waals surface area contributed by atoms with Crippen molar-refractivity contribution >= 4 is 5.91 Å². The lowest BCUT2D eigenvalue weighted by Crippen LogP contribution is -2.50. The topological polar surface area (TPSA) is 50.6 Å². The molecule has 27 heavy (non-hydrogen) atoms. The molecule has 1 aromatic carbocycles. The van der Waals surface area contributed by atoms with E-state index in [1.807, 2.05) is 23.0 Å². The average molecular weight is 368 g/mol. The zero-order chi connectivity index (χ0) is 18.6. The summed E-state index contributed by atoms with van der Waals surface area (Å²) in [5.74, 6) is 1.58. The molecule has 6 nitrogen and oxygen atoms in total. The number of carbonyl (C=O) groups is 1. The van der Waals surface area contributed by atoms with Crippen LogP contribution in [0.1, 0.15) is 30.4 Å². The van der Waals surface area contributed by atoms with Gasteiger partial charge in [0.15, 0.2) is 0 Å². The van der Waals surface area contributed by atoms with Crippen molar-refractivity contribution < 1.29 is 9.53 Å². The lowest BCUT2D eigenvalue weighted by molar-refractivity contribution is -0.140. The molecule has 0 bridgehead atoms. The SMILES string of the molecule is COc1ccc(CN2CCN(C(=O)C3CCC3)CC2)cc1Cn1cccn1. The summed E-state index contributed by atoms with van der Waals surface area (Å²) in [5, 5.41) is 4.30. The minimum Gasteiger partial charge on any atom is -0.496 e. The standard InChI is InChI=1S/C21H28N4O2/c1-27-20-7-6-17(14-19(20)16-25-9-3-8-22-25)15-23-10-12-24(13-11-23)21(26)18-4-2-5-18/h3,6-9,14,18H,2,4-5,10-13,15-16H2,1H3. The van der Waals surface area contributed by atoms with Gasteiger partial charge in [-0.15, -0.1) is 0 Å². The zero-order valence-electron chi connectivity index (χ0n) is 16.0. The van der Waals surface area contributed by atoms with Crippen LogP contribution < -0.4 is 4.74 Å². The highest BCUT2D eigenvalue weighted by Gasteiger charge is 2.31. The molecule has 2 fully saturated rings. The third-order valence-electron chi connectivity index (χ3n) is 5.78. The predicted octanol–water partition coefficient (Wildman–Crippen LogP) is 2.38. The van der Waals surface area contributed by atoms with Crippen molar-refractivity contribution in [2.24, 2.45) is 5.92 Å². The van der Waals surface area contributed by atoms with E-state index in [0.29, 0.717) is 18.4 Å². The molecule has 2 heterocycles. The maximum absolute atomic E-state index is 12.4. The molecule has 0 N–H and O–H groups in total. The van der Waals surface area contributed by atoms with Gasteiger partial charge in [0.1, 0.15) is 5.75 Å². The van der Waals surface area contributed by atoms with Gasteiger partial charge in [0.05, 0.1) is 13.7 Å². The van der Waals surface area contributed by atoms with Crippen LogP contribution in [-0.4, -0.2) is 58.8 Å². The molecular weight excluding hydrogens is 340 g/mol. The first-order chi connectivity index (χ1) is 13.2. The minimum absolute atomic E-state index is 0.308. The largest absolute Gasteiger partial charge is 0.496 e. The Morgan fingerprint density at radius 3 is 2.63 bits per heavy atom. The molecule has 144 valence electrons. The second-order valence-electron chi connectivity index (χ2n) is 7.58. The van der Waals surface area contributed by atoms with Gasteiger partial charge in [-0.25, -0.2) is 0 Å². The van der Waals surface area contributed by atoms with Crippen molar-refractivity contribution in [3.63, 3.8) is 0 Å². The van der Waals surface area contributed by atoms with Crippen LogP contribution in [0, 0.1) is 5.92 Å². The van der Waals surface area contributed by atoms with E-state index in [0.717, 1.165) is 56.9 Å². The number of hydrogen-bond acceptors (Lipinski definition) is 4. The van der Waals surface area contributed by atoms with E-state index in [1.165, 1.54) is 12.0 Å². The van der Waals surface area contributed by atoms with E-state index < -0.39 is 0 Å². The monoisotopic (exact) mass is 368 g/mol. The molecule has 1 aromatic heterocycles. The van der Waals surface area contributed by atoms with E-state index in [-0.39, 0.29) is 0 Å². The number of benzene rings is 1. The van der Waals surface area contributed by atoms with Gasteiger partial charge in [-0.3, -0.25) is 14.4 Å². The van der Waals surface area contributed by atoms with Crippen molar-refractivity contribution in [3.05, 3.63) is 47.8 Å². The number of amides is 1. The molecule has 0 radical (unpaired) electrons. The predicted molar refractivity (Wildman–Crippen MR) is 104 cm³/mol. The van der Waals surface area contributed by atoms with Crippen molar-refractivity contribution in [3.8, 4) is 5.75 Å². The first-order valence-electron chi connectivity index (χ1n) is 9.87.